The molecule has 24 heavy (non-hydrogen) atoms. The van der Waals surface area contributed by atoms with Crippen molar-refractivity contribution in [1.82, 2.24) is 5.32 Å². The summed E-state index contributed by atoms with van der Waals surface area (Å²) in [6, 6.07) is 11.9. The van der Waals surface area contributed by atoms with Gasteiger partial charge in [0, 0.05) is 23.7 Å². The van der Waals surface area contributed by atoms with Crippen molar-refractivity contribution in [1.29, 1.82) is 0 Å². The highest BCUT2D eigenvalue weighted by molar-refractivity contribution is 5.88. The maximum atomic E-state index is 12.6. The molecule has 3 N–H and O–H groups in total. The van der Waals surface area contributed by atoms with E-state index < -0.39 is 0 Å². The summed E-state index contributed by atoms with van der Waals surface area (Å²) in [5.74, 6) is 0.143. The topological polar surface area (TPSA) is 82.7 Å². The number of hydrogen-bond acceptors (Lipinski definition) is 5. The van der Waals surface area contributed by atoms with Crippen LogP contribution in [0.1, 0.15) is 24.4 Å². The first-order valence-electron chi connectivity index (χ1n) is 7.96. The van der Waals surface area contributed by atoms with Crippen LogP contribution in [0.5, 0.6) is 11.5 Å². The average molecular weight is 323 g/mol. The Bertz CT molecular complexity index is 957. The number of phenolic OH excluding ortho intramolecular Hbond substituents is 2. The number of aromatic hydroxyl groups is 2. The molecule has 0 spiro atoms. The third-order valence-corrected chi connectivity index (χ3v) is 4.48. The van der Waals surface area contributed by atoms with Crippen molar-refractivity contribution in [3.63, 3.8) is 0 Å². The normalized spacial score (nSPS) is 17.4. The van der Waals surface area contributed by atoms with E-state index in [0.717, 1.165) is 24.9 Å². The highest BCUT2D eigenvalue weighted by atomic mass is 16.3. The van der Waals surface area contributed by atoms with Crippen molar-refractivity contribution in [3.05, 3.63) is 58.3 Å². The molecule has 0 aliphatic carbocycles. The van der Waals surface area contributed by atoms with Gasteiger partial charge in [-0.1, -0.05) is 30.3 Å². The van der Waals surface area contributed by atoms with Crippen LogP contribution in [0, 0.1) is 0 Å². The van der Waals surface area contributed by atoms with Crippen LogP contribution in [0.15, 0.2) is 51.7 Å². The molecule has 5 nitrogen and oxygen atoms in total. The van der Waals surface area contributed by atoms with Crippen molar-refractivity contribution < 1.29 is 14.6 Å². The molecule has 2 heterocycles. The van der Waals surface area contributed by atoms with Gasteiger partial charge >= 0.3 is 0 Å². The molecule has 0 saturated carbocycles. The highest BCUT2D eigenvalue weighted by Crippen LogP contribution is 2.41. The quantitative estimate of drug-likeness (QED) is 0.674. The lowest BCUT2D eigenvalue weighted by atomic mass is 9.99. The molecule has 3 aromatic rings. The smallest absolute Gasteiger partial charge is 0.197 e. The van der Waals surface area contributed by atoms with Gasteiger partial charge < -0.3 is 19.9 Å². The third kappa shape index (κ3) is 2.34. The summed E-state index contributed by atoms with van der Waals surface area (Å²) in [7, 11) is 0. The minimum atomic E-state index is -0.327. The average Bonchev–Trinajstić information content (AvgIpc) is 3.09. The number of benzene rings is 2. The molecule has 0 bridgehead atoms. The van der Waals surface area contributed by atoms with Crippen LogP contribution in [-0.2, 0) is 0 Å². The summed E-state index contributed by atoms with van der Waals surface area (Å²) in [6.07, 6.45) is 1.77. The molecule has 1 unspecified atom stereocenters. The molecular formula is C19H17NO4. The Morgan fingerprint density at radius 3 is 2.62 bits per heavy atom. The second kappa shape index (κ2) is 5.69. The zero-order valence-electron chi connectivity index (χ0n) is 13.0. The van der Waals surface area contributed by atoms with Crippen molar-refractivity contribution >= 4 is 11.0 Å². The number of rotatable bonds is 2. The van der Waals surface area contributed by atoms with Gasteiger partial charge in [0.25, 0.3) is 0 Å². The van der Waals surface area contributed by atoms with E-state index in [0.29, 0.717) is 11.3 Å². The van der Waals surface area contributed by atoms with Gasteiger partial charge in [-0.2, -0.15) is 0 Å². The Kier molecular flexibility index (Phi) is 3.50. The van der Waals surface area contributed by atoms with E-state index in [9.17, 15) is 15.0 Å². The van der Waals surface area contributed by atoms with E-state index >= 15 is 0 Å². The molecule has 1 fully saturated rings. The van der Waals surface area contributed by atoms with Crippen LogP contribution in [0.4, 0.5) is 0 Å². The lowest BCUT2D eigenvalue weighted by Gasteiger charge is -2.16. The Morgan fingerprint density at radius 1 is 1.12 bits per heavy atom. The molecule has 0 radical (unpaired) electrons. The fourth-order valence-corrected chi connectivity index (χ4v) is 3.32. The molecule has 1 atom stereocenters. The lowest BCUT2D eigenvalue weighted by molar-refractivity contribution is 0.425. The van der Waals surface area contributed by atoms with Crippen molar-refractivity contribution in [3.8, 4) is 22.8 Å². The van der Waals surface area contributed by atoms with Crippen LogP contribution in [0.25, 0.3) is 22.3 Å². The number of nitrogens with one attached hydrogen (secondary N) is 1. The largest absolute Gasteiger partial charge is 0.507 e. The van der Waals surface area contributed by atoms with Gasteiger partial charge in [-0.05, 0) is 19.4 Å². The van der Waals surface area contributed by atoms with E-state index in [1.165, 1.54) is 12.1 Å². The van der Waals surface area contributed by atoms with Gasteiger partial charge in [0.05, 0.1) is 5.56 Å². The predicted octanol–water partition coefficient (Wildman–Crippen LogP) is 3.30. The third-order valence-electron chi connectivity index (χ3n) is 4.48. The van der Waals surface area contributed by atoms with E-state index in [1.54, 1.807) is 0 Å². The SMILES string of the molecule is O=c1cc(-c2ccccc2)oc2cc(O)c(C3CCCN3)c(O)c12. The Hall–Kier alpha value is -2.79. The standard InChI is InChI=1S/C19H17NO4/c21-13-10-16-18(19(23)17(13)12-7-4-8-20-12)14(22)9-15(24-16)11-5-2-1-3-6-11/h1-3,5-6,9-10,12,20-21,23H,4,7-8H2. The first-order valence-corrected chi connectivity index (χ1v) is 7.96. The van der Waals surface area contributed by atoms with Gasteiger partial charge in [-0.3, -0.25) is 4.79 Å². The summed E-state index contributed by atoms with van der Waals surface area (Å²) in [4.78, 5) is 12.6. The van der Waals surface area contributed by atoms with E-state index in [-0.39, 0.29) is 33.9 Å². The monoisotopic (exact) mass is 323 g/mol. The maximum absolute atomic E-state index is 12.6. The fourth-order valence-electron chi connectivity index (χ4n) is 3.32. The fraction of sp³-hybridized carbons (Fsp3) is 0.211. The second-order valence-corrected chi connectivity index (χ2v) is 6.02. The van der Waals surface area contributed by atoms with Crippen molar-refractivity contribution in [2.75, 3.05) is 6.54 Å². The van der Waals surface area contributed by atoms with Crippen LogP contribution in [-0.4, -0.2) is 16.8 Å². The Morgan fingerprint density at radius 2 is 1.92 bits per heavy atom. The van der Waals surface area contributed by atoms with E-state index in [4.69, 9.17) is 4.42 Å². The number of hydrogen-bond donors (Lipinski definition) is 3. The molecule has 122 valence electrons. The minimum absolute atomic E-state index is 0.0623. The molecule has 1 aromatic heterocycles. The molecule has 1 saturated heterocycles. The van der Waals surface area contributed by atoms with E-state index in [2.05, 4.69) is 5.32 Å². The molecular weight excluding hydrogens is 306 g/mol. The van der Waals surface area contributed by atoms with Crippen LogP contribution in [0.3, 0.4) is 0 Å². The summed E-state index contributed by atoms with van der Waals surface area (Å²) in [5, 5.41) is 24.2. The molecule has 4 rings (SSSR count). The lowest BCUT2D eigenvalue weighted by Crippen LogP contribution is -2.14. The first-order chi connectivity index (χ1) is 11.6. The molecule has 1 aliphatic heterocycles. The van der Waals surface area contributed by atoms with E-state index in [1.807, 2.05) is 30.3 Å². The molecule has 0 amide bonds. The van der Waals surface area contributed by atoms with Gasteiger partial charge in [0.2, 0.25) is 0 Å². The first kappa shape index (κ1) is 14.8. The van der Waals surface area contributed by atoms with Crippen LogP contribution < -0.4 is 10.7 Å². The maximum Gasteiger partial charge on any atom is 0.197 e. The summed E-state index contributed by atoms with van der Waals surface area (Å²) < 4.78 is 5.77. The van der Waals surface area contributed by atoms with Crippen LogP contribution >= 0.6 is 0 Å². The minimum Gasteiger partial charge on any atom is -0.507 e. The second-order valence-electron chi connectivity index (χ2n) is 6.02. The van der Waals surface area contributed by atoms with Gasteiger partial charge in [0.1, 0.15) is 28.2 Å². The van der Waals surface area contributed by atoms with Gasteiger partial charge in [-0.15, -0.1) is 0 Å². The predicted molar refractivity (Wildman–Crippen MR) is 91.2 cm³/mol. The zero-order chi connectivity index (χ0) is 16.7. The Labute approximate surface area is 138 Å². The zero-order valence-corrected chi connectivity index (χ0v) is 13.0. The van der Waals surface area contributed by atoms with Crippen molar-refractivity contribution in [2.24, 2.45) is 0 Å². The number of phenols is 2. The summed E-state index contributed by atoms with van der Waals surface area (Å²) >= 11 is 0. The Balaban J connectivity index is 1.94. The summed E-state index contributed by atoms with van der Waals surface area (Å²) in [6.45, 7) is 0.823. The van der Waals surface area contributed by atoms with Gasteiger partial charge in [0.15, 0.2) is 5.43 Å². The highest BCUT2D eigenvalue weighted by Gasteiger charge is 2.26. The molecule has 5 heteroatoms. The van der Waals surface area contributed by atoms with Gasteiger partial charge in [-0.25, -0.2) is 0 Å². The molecule has 1 aliphatic rings. The van der Waals surface area contributed by atoms with Crippen molar-refractivity contribution in [2.45, 2.75) is 18.9 Å². The summed E-state index contributed by atoms with van der Waals surface area (Å²) in [5.41, 5.74) is 0.988. The van der Waals surface area contributed by atoms with Crippen LogP contribution in [0.2, 0.25) is 0 Å². The molecule has 2 aromatic carbocycles. The number of fused-ring (bicyclic) bond motifs is 1.